The standard InChI is InChI=1S/C24H21ClN6OS/c1-12-11-27-20-19-14-4-5-16(17-10-13(29-23(25)31-17)8-9-24(2,3)26)30-15(14)6-7-18(19)33-21(20)22(32)28-12/h4-7,10,12,27H,11,26H2,1-3H3,(H,28,32)/t12-/m1/s1. The van der Waals surface area contributed by atoms with Gasteiger partial charge in [0.2, 0.25) is 5.28 Å². The minimum Gasteiger partial charge on any atom is -0.381 e. The number of fused-ring (bicyclic) bond motifs is 5. The topological polar surface area (TPSA) is 106 Å². The number of thiophene rings is 1. The third kappa shape index (κ3) is 4.23. The second-order valence-corrected chi connectivity index (χ2v) is 10.0. The summed E-state index contributed by atoms with van der Waals surface area (Å²) >= 11 is 7.64. The maximum atomic E-state index is 12.6. The zero-order valence-electron chi connectivity index (χ0n) is 18.3. The fourth-order valence-corrected chi connectivity index (χ4v) is 4.99. The average Bonchev–Trinajstić information content (AvgIpc) is 3.08. The molecule has 1 aromatic carbocycles. The van der Waals surface area contributed by atoms with Crippen LogP contribution in [-0.4, -0.2) is 39.0 Å². The van der Waals surface area contributed by atoms with Gasteiger partial charge in [0.1, 0.15) is 10.6 Å². The first-order valence-electron chi connectivity index (χ1n) is 10.5. The third-order valence-electron chi connectivity index (χ3n) is 5.16. The van der Waals surface area contributed by atoms with Crippen molar-refractivity contribution in [1.29, 1.82) is 0 Å². The molecular formula is C24H21ClN6OS. The van der Waals surface area contributed by atoms with Crippen molar-refractivity contribution in [3.05, 3.63) is 46.2 Å². The molecule has 4 N–H and O–H groups in total. The first kappa shape index (κ1) is 21.6. The van der Waals surface area contributed by atoms with Crippen molar-refractivity contribution in [2.24, 2.45) is 5.73 Å². The fraction of sp³-hybridized carbons (Fsp3) is 0.250. The van der Waals surface area contributed by atoms with E-state index < -0.39 is 5.54 Å². The Morgan fingerprint density at radius 3 is 2.79 bits per heavy atom. The Morgan fingerprint density at radius 1 is 1.18 bits per heavy atom. The molecule has 4 aromatic rings. The van der Waals surface area contributed by atoms with E-state index in [4.69, 9.17) is 22.3 Å². The summed E-state index contributed by atoms with van der Waals surface area (Å²) in [5, 5.41) is 8.53. The van der Waals surface area contributed by atoms with Gasteiger partial charge in [0.05, 0.1) is 28.1 Å². The van der Waals surface area contributed by atoms with Crippen LogP contribution in [0.25, 0.3) is 32.4 Å². The van der Waals surface area contributed by atoms with Gasteiger partial charge in [-0.1, -0.05) is 5.92 Å². The Balaban J connectivity index is 1.63. The molecule has 0 radical (unpaired) electrons. The van der Waals surface area contributed by atoms with Gasteiger partial charge in [-0.15, -0.1) is 11.3 Å². The number of carbonyl (C=O) groups is 1. The van der Waals surface area contributed by atoms with Crippen molar-refractivity contribution in [1.82, 2.24) is 20.3 Å². The number of benzene rings is 1. The number of nitrogens with two attached hydrogens (primary N) is 1. The SMILES string of the molecule is C[C@@H]1CNc2c(sc3ccc4nc(-c5cc(C#CC(C)(C)N)nc(Cl)n5)ccc4c23)C(=O)N1. The highest BCUT2D eigenvalue weighted by molar-refractivity contribution is 7.21. The number of nitrogens with one attached hydrogen (secondary N) is 2. The molecule has 0 unspecified atom stereocenters. The molecule has 33 heavy (non-hydrogen) atoms. The van der Waals surface area contributed by atoms with Crippen molar-refractivity contribution >= 4 is 55.5 Å². The summed E-state index contributed by atoms with van der Waals surface area (Å²) in [7, 11) is 0. The van der Waals surface area contributed by atoms with Gasteiger partial charge in [-0.3, -0.25) is 4.79 Å². The van der Waals surface area contributed by atoms with Gasteiger partial charge in [0, 0.05) is 34.1 Å². The number of hydrogen-bond donors (Lipinski definition) is 3. The van der Waals surface area contributed by atoms with Gasteiger partial charge in [0.25, 0.3) is 5.91 Å². The second kappa shape index (κ2) is 7.96. The van der Waals surface area contributed by atoms with Crippen LogP contribution in [0, 0.1) is 11.8 Å². The van der Waals surface area contributed by atoms with Crippen molar-refractivity contribution < 1.29 is 4.79 Å². The van der Waals surface area contributed by atoms with Crippen LogP contribution in [0.3, 0.4) is 0 Å². The highest BCUT2D eigenvalue weighted by Crippen LogP contribution is 2.41. The summed E-state index contributed by atoms with van der Waals surface area (Å²) < 4.78 is 1.03. The summed E-state index contributed by atoms with van der Waals surface area (Å²) in [5.41, 5.74) is 8.68. The first-order valence-corrected chi connectivity index (χ1v) is 11.7. The molecule has 0 spiro atoms. The second-order valence-electron chi connectivity index (χ2n) is 8.64. The minimum absolute atomic E-state index is 0.0497. The lowest BCUT2D eigenvalue weighted by Crippen LogP contribution is -2.34. The van der Waals surface area contributed by atoms with Crippen molar-refractivity contribution in [3.63, 3.8) is 0 Å². The van der Waals surface area contributed by atoms with Crippen LogP contribution >= 0.6 is 22.9 Å². The average molecular weight is 477 g/mol. The zero-order chi connectivity index (χ0) is 23.3. The summed E-state index contributed by atoms with van der Waals surface area (Å²) in [6.45, 7) is 6.28. The van der Waals surface area contributed by atoms with Gasteiger partial charge in [-0.05, 0) is 62.6 Å². The maximum absolute atomic E-state index is 12.6. The van der Waals surface area contributed by atoms with Crippen LogP contribution < -0.4 is 16.4 Å². The molecule has 0 aliphatic carbocycles. The normalized spacial score (nSPS) is 15.9. The van der Waals surface area contributed by atoms with E-state index in [1.807, 2.05) is 45.0 Å². The van der Waals surface area contributed by atoms with Gasteiger partial charge in [-0.2, -0.15) is 0 Å². The smallest absolute Gasteiger partial charge is 0.263 e. The van der Waals surface area contributed by atoms with Crippen LogP contribution in [-0.2, 0) is 0 Å². The quantitative estimate of drug-likeness (QED) is 0.281. The monoisotopic (exact) mass is 476 g/mol. The number of aromatic nitrogens is 3. The minimum atomic E-state index is -0.647. The molecule has 1 aliphatic heterocycles. The first-order chi connectivity index (χ1) is 15.7. The number of pyridine rings is 1. The summed E-state index contributed by atoms with van der Waals surface area (Å²) in [4.78, 5) is 26.7. The van der Waals surface area contributed by atoms with E-state index >= 15 is 0 Å². The van der Waals surface area contributed by atoms with Crippen LogP contribution in [0.4, 0.5) is 5.69 Å². The van der Waals surface area contributed by atoms with Crippen LogP contribution in [0.1, 0.15) is 36.1 Å². The predicted octanol–water partition coefficient (Wildman–Crippen LogP) is 4.19. The largest absolute Gasteiger partial charge is 0.381 e. The van der Waals surface area contributed by atoms with Crippen molar-refractivity contribution in [3.8, 4) is 23.2 Å². The van der Waals surface area contributed by atoms with E-state index in [2.05, 4.69) is 32.4 Å². The highest BCUT2D eigenvalue weighted by atomic mass is 35.5. The van der Waals surface area contributed by atoms with Crippen molar-refractivity contribution in [2.75, 3.05) is 11.9 Å². The Kier molecular flexibility index (Phi) is 5.20. The van der Waals surface area contributed by atoms with Gasteiger partial charge in [-0.25, -0.2) is 15.0 Å². The number of carbonyl (C=O) groups excluding carboxylic acids is 1. The predicted molar refractivity (Wildman–Crippen MR) is 134 cm³/mol. The third-order valence-corrected chi connectivity index (χ3v) is 6.49. The molecule has 0 fully saturated rings. The van der Waals surface area contributed by atoms with E-state index in [1.54, 1.807) is 6.07 Å². The lowest BCUT2D eigenvalue weighted by atomic mass is 10.1. The Hall–Kier alpha value is -3.25. The molecule has 4 heterocycles. The molecule has 5 rings (SSSR count). The van der Waals surface area contributed by atoms with Gasteiger partial charge < -0.3 is 16.4 Å². The van der Waals surface area contributed by atoms with Crippen LogP contribution in [0.5, 0.6) is 0 Å². The number of amides is 1. The summed E-state index contributed by atoms with van der Waals surface area (Å²) in [6.07, 6.45) is 0. The molecule has 0 bridgehead atoms. The molecule has 1 aliphatic rings. The van der Waals surface area contributed by atoms with E-state index in [-0.39, 0.29) is 17.2 Å². The maximum Gasteiger partial charge on any atom is 0.263 e. The summed E-state index contributed by atoms with van der Waals surface area (Å²) in [5.74, 6) is 5.86. The fourth-order valence-electron chi connectivity index (χ4n) is 3.71. The highest BCUT2D eigenvalue weighted by Gasteiger charge is 2.24. The van der Waals surface area contributed by atoms with E-state index in [0.29, 0.717) is 28.5 Å². The van der Waals surface area contributed by atoms with Gasteiger partial charge >= 0.3 is 0 Å². The molecule has 3 aromatic heterocycles. The Morgan fingerprint density at radius 2 is 2.00 bits per heavy atom. The molecule has 166 valence electrons. The van der Waals surface area contributed by atoms with Crippen LogP contribution in [0.2, 0.25) is 5.28 Å². The Labute approximate surface area is 199 Å². The van der Waals surface area contributed by atoms with E-state index in [0.717, 1.165) is 26.7 Å². The number of rotatable bonds is 1. The number of nitrogens with zero attached hydrogens (tertiary/aromatic N) is 3. The van der Waals surface area contributed by atoms with Crippen LogP contribution in [0.15, 0.2) is 30.3 Å². The number of anilines is 1. The van der Waals surface area contributed by atoms with Crippen molar-refractivity contribution in [2.45, 2.75) is 32.4 Å². The molecule has 1 atom stereocenters. The van der Waals surface area contributed by atoms with E-state index in [9.17, 15) is 4.79 Å². The number of hydrogen-bond acceptors (Lipinski definition) is 7. The Bertz CT molecular complexity index is 1490. The molecule has 9 heteroatoms. The lowest BCUT2D eigenvalue weighted by Gasteiger charge is -2.10. The van der Waals surface area contributed by atoms with E-state index in [1.165, 1.54) is 11.3 Å². The summed E-state index contributed by atoms with van der Waals surface area (Å²) in [6, 6.07) is 9.66. The number of halogens is 1. The lowest BCUT2D eigenvalue weighted by molar-refractivity contribution is 0.0949. The molecule has 1 amide bonds. The molecule has 0 saturated heterocycles. The van der Waals surface area contributed by atoms with Gasteiger partial charge in [0.15, 0.2) is 0 Å². The molecular weight excluding hydrogens is 456 g/mol. The molecule has 0 saturated carbocycles. The zero-order valence-corrected chi connectivity index (χ0v) is 19.9. The molecule has 7 nitrogen and oxygen atoms in total.